The van der Waals surface area contributed by atoms with Crippen molar-refractivity contribution in [2.24, 2.45) is 14.1 Å². The predicted molar refractivity (Wildman–Crippen MR) is 102 cm³/mol. The SMILES string of the molecule is Cn1c(=O)c2ccc(C(=O)NCCC(=O)Nc3ccccn3)nc2n(C)c1=O. The molecule has 3 aromatic heterocycles. The Balaban J connectivity index is 1.68. The monoisotopic (exact) mass is 382 g/mol. The van der Waals surface area contributed by atoms with Gasteiger partial charge in [-0.3, -0.25) is 23.5 Å². The van der Waals surface area contributed by atoms with E-state index in [2.05, 4.69) is 20.6 Å². The van der Waals surface area contributed by atoms with Crippen LogP contribution in [0.15, 0.2) is 46.1 Å². The zero-order chi connectivity index (χ0) is 20.3. The number of rotatable bonds is 5. The molecule has 3 heterocycles. The Bertz CT molecular complexity index is 1170. The van der Waals surface area contributed by atoms with Gasteiger partial charge in [-0.2, -0.15) is 0 Å². The van der Waals surface area contributed by atoms with Crippen molar-refractivity contribution in [1.82, 2.24) is 24.4 Å². The van der Waals surface area contributed by atoms with Gasteiger partial charge in [-0.15, -0.1) is 0 Å². The smallest absolute Gasteiger partial charge is 0.332 e. The Hall–Kier alpha value is -3.82. The summed E-state index contributed by atoms with van der Waals surface area (Å²) in [6.45, 7) is 0.0900. The minimum atomic E-state index is -0.534. The summed E-state index contributed by atoms with van der Waals surface area (Å²) >= 11 is 0. The van der Waals surface area contributed by atoms with E-state index in [-0.39, 0.29) is 35.6 Å². The van der Waals surface area contributed by atoms with Crippen LogP contribution in [0.4, 0.5) is 5.82 Å². The molecule has 144 valence electrons. The van der Waals surface area contributed by atoms with E-state index >= 15 is 0 Å². The quantitative estimate of drug-likeness (QED) is 0.628. The summed E-state index contributed by atoms with van der Waals surface area (Å²) < 4.78 is 2.18. The van der Waals surface area contributed by atoms with Crippen LogP contribution in [-0.2, 0) is 18.9 Å². The molecular weight excluding hydrogens is 364 g/mol. The number of carbonyl (C=O) groups is 2. The third-order valence-electron chi connectivity index (χ3n) is 4.10. The Morgan fingerprint density at radius 3 is 2.57 bits per heavy atom. The number of anilines is 1. The molecule has 0 aromatic carbocycles. The van der Waals surface area contributed by atoms with Crippen LogP contribution in [0.3, 0.4) is 0 Å². The Morgan fingerprint density at radius 1 is 1.07 bits per heavy atom. The first-order valence-corrected chi connectivity index (χ1v) is 8.44. The molecule has 10 nitrogen and oxygen atoms in total. The fourth-order valence-electron chi connectivity index (χ4n) is 2.60. The number of aromatic nitrogens is 4. The summed E-state index contributed by atoms with van der Waals surface area (Å²) in [4.78, 5) is 56.4. The molecule has 0 bridgehead atoms. The largest absolute Gasteiger partial charge is 0.350 e. The highest BCUT2D eigenvalue weighted by Gasteiger charge is 2.14. The van der Waals surface area contributed by atoms with Gasteiger partial charge in [0.2, 0.25) is 5.91 Å². The number of pyridine rings is 2. The second-order valence-electron chi connectivity index (χ2n) is 6.04. The number of hydrogen-bond donors (Lipinski definition) is 2. The zero-order valence-electron chi connectivity index (χ0n) is 15.3. The summed E-state index contributed by atoms with van der Waals surface area (Å²) in [5, 5.41) is 5.43. The Kier molecular flexibility index (Phi) is 5.30. The molecule has 0 radical (unpaired) electrons. The second-order valence-corrected chi connectivity index (χ2v) is 6.04. The van der Waals surface area contributed by atoms with Crippen LogP contribution in [0, 0.1) is 0 Å². The number of aryl methyl sites for hydroxylation is 1. The average molecular weight is 382 g/mol. The summed E-state index contributed by atoms with van der Waals surface area (Å²) in [6.07, 6.45) is 1.61. The molecule has 0 spiro atoms. The molecule has 10 heteroatoms. The Morgan fingerprint density at radius 2 is 1.86 bits per heavy atom. The van der Waals surface area contributed by atoms with Crippen molar-refractivity contribution in [3.05, 3.63) is 63.1 Å². The van der Waals surface area contributed by atoms with Gasteiger partial charge in [0.05, 0.1) is 5.39 Å². The number of nitrogens with one attached hydrogen (secondary N) is 2. The normalized spacial score (nSPS) is 10.6. The first kappa shape index (κ1) is 19.0. The first-order chi connectivity index (χ1) is 13.4. The number of hydrogen-bond acceptors (Lipinski definition) is 6. The van der Waals surface area contributed by atoms with Gasteiger partial charge in [-0.05, 0) is 24.3 Å². The van der Waals surface area contributed by atoms with E-state index in [1.165, 1.54) is 30.8 Å². The molecule has 3 aromatic rings. The summed E-state index contributed by atoms with van der Waals surface area (Å²) in [5.41, 5.74) is -0.855. The van der Waals surface area contributed by atoms with E-state index in [9.17, 15) is 19.2 Å². The second kappa shape index (κ2) is 7.82. The van der Waals surface area contributed by atoms with E-state index in [1.54, 1.807) is 24.4 Å². The molecule has 28 heavy (non-hydrogen) atoms. The van der Waals surface area contributed by atoms with E-state index in [4.69, 9.17) is 0 Å². The van der Waals surface area contributed by atoms with E-state index in [0.29, 0.717) is 5.82 Å². The molecular formula is C18H18N6O4. The van der Waals surface area contributed by atoms with Crippen LogP contribution >= 0.6 is 0 Å². The van der Waals surface area contributed by atoms with Gasteiger partial charge in [0, 0.05) is 33.3 Å². The number of nitrogens with zero attached hydrogens (tertiary/aromatic N) is 4. The third kappa shape index (κ3) is 3.80. The van der Waals surface area contributed by atoms with E-state index in [1.807, 2.05) is 0 Å². The van der Waals surface area contributed by atoms with Crippen LogP contribution in [0.2, 0.25) is 0 Å². The maximum absolute atomic E-state index is 12.3. The van der Waals surface area contributed by atoms with Gasteiger partial charge >= 0.3 is 5.69 Å². The maximum atomic E-state index is 12.3. The van der Waals surface area contributed by atoms with Gasteiger partial charge < -0.3 is 10.6 Å². The van der Waals surface area contributed by atoms with E-state index < -0.39 is 17.2 Å². The molecule has 0 aliphatic rings. The Labute approximate surface area is 158 Å². The summed E-state index contributed by atoms with van der Waals surface area (Å²) in [7, 11) is 2.85. The molecule has 0 saturated carbocycles. The maximum Gasteiger partial charge on any atom is 0.332 e. The van der Waals surface area contributed by atoms with Crippen molar-refractivity contribution in [2.45, 2.75) is 6.42 Å². The van der Waals surface area contributed by atoms with Crippen molar-refractivity contribution in [1.29, 1.82) is 0 Å². The van der Waals surface area contributed by atoms with Gasteiger partial charge in [0.1, 0.15) is 17.2 Å². The zero-order valence-corrected chi connectivity index (χ0v) is 15.3. The van der Waals surface area contributed by atoms with Gasteiger partial charge in [0.25, 0.3) is 11.5 Å². The van der Waals surface area contributed by atoms with Crippen LogP contribution in [0.1, 0.15) is 16.9 Å². The van der Waals surface area contributed by atoms with Gasteiger partial charge in [-0.25, -0.2) is 14.8 Å². The fraction of sp³-hybridized carbons (Fsp3) is 0.222. The van der Waals surface area contributed by atoms with Crippen molar-refractivity contribution < 1.29 is 9.59 Å². The van der Waals surface area contributed by atoms with Gasteiger partial charge in [-0.1, -0.05) is 6.07 Å². The summed E-state index contributed by atoms with van der Waals surface area (Å²) in [6, 6.07) is 7.99. The van der Waals surface area contributed by atoms with Crippen LogP contribution in [0.5, 0.6) is 0 Å². The molecule has 0 atom stereocenters. The molecule has 0 saturated heterocycles. The van der Waals surface area contributed by atoms with Crippen LogP contribution < -0.4 is 21.9 Å². The predicted octanol–water partition coefficient (Wildman–Crippen LogP) is -0.214. The van der Waals surface area contributed by atoms with Crippen molar-refractivity contribution in [2.75, 3.05) is 11.9 Å². The lowest BCUT2D eigenvalue weighted by molar-refractivity contribution is -0.116. The lowest BCUT2D eigenvalue weighted by atomic mass is 10.2. The average Bonchev–Trinajstić information content (AvgIpc) is 2.70. The molecule has 2 N–H and O–H groups in total. The van der Waals surface area contributed by atoms with Crippen LogP contribution in [0.25, 0.3) is 11.0 Å². The van der Waals surface area contributed by atoms with Gasteiger partial charge in [0.15, 0.2) is 0 Å². The lowest BCUT2D eigenvalue weighted by Crippen LogP contribution is -2.37. The third-order valence-corrected chi connectivity index (χ3v) is 4.10. The van der Waals surface area contributed by atoms with Crippen molar-refractivity contribution >= 4 is 28.7 Å². The minimum absolute atomic E-state index is 0.0425. The highest BCUT2D eigenvalue weighted by atomic mass is 16.2. The molecule has 3 rings (SSSR count). The minimum Gasteiger partial charge on any atom is -0.350 e. The molecule has 0 fully saturated rings. The molecule has 0 unspecified atom stereocenters. The van der Waals surface area contributed by atoms with Crippen molar-refractivity contribution in [3.63, 3.8) is 0 Å². The number of carbonyl (C=O) groups excluding carboxylic acids is 2. The van der Waals surface area contributed by atoms with Crippen LogP contribution in [-0.4, -0.2) is 37.5 Å². The van der Waals surface area contributed by atoms with Crippen molar-refractivity contribution in [3.8, 4) is 0 Å². The fourth-order valence-corrected chi connectivity index (χ4v) is 2.60. The van der Waals surface area contributed by atoms with E-state index in [0.717, 1.165) is 4.57 Å². The molecule has 2 amide bonds. The molecule has 0 aliphatic heterocycles. The topological polar surface area (TPSA) is 128 Å². The molecule has 0 aliphatic carbocycles. The summed E-state index contributed by atoms with van der Waals surface area (Å²) in [5.74, 6) is -0.380. The standard InChI is InChI=1S/C18H18N6O4/c1-23-15-11(17(27)24(2)18(23)28)6-7-12(21-15)16(26)20-10-8-14(25)22-13-5-3-4-9-19-13/h3-7,9H,8,10H2,1-2H3,(H,20,26)(H,19,22,25). The number of amides is 2. The first-order valence-electron chi connectivity index (χ1n) is 8.44. The lowest BCUT2D eigenvalue weighted by Gasteiger charge is -2.09. The highest BCUT2D eigenvalue weighted by Crippen LogP contribution is 2.06. The highest BCUT2D eigenvalue weighted by molar-refractivity contribution is 5.95. The number of fused-ring (bicyclic) bond motifs is 1.